The fourth-order valence-corrected chi connectivity index (χ4v) is 1.76. The van der Waals surface area contributed by atoms with Crippen LogP contribution in [0.1, 0.15) is 11.1 Å². The molecule has 2 aromatic rings. The van der Waals surface area contributed by atoms with Crippen molar-refractivity contribution >= 4 is 5.91 Å². The second kappa shape index (κ2) is 6.98. The van der Waals surface area contributed by atoms with Crippen LogP contribution in [0.25, 0.3) is 0 Å². The number of rotatable bonds is 5. The third kappa shape index (κ3) is 4.80. The van der Waals surface area contributed by atoms with Crippen LogP contribution in [0.4, 0.5) is 13.2 Å². The number of amides is 1. The standard InChI is InChI=1S/C16H14F3NO2/c17-16(18,19)13-7-4-8-14(9-13)22-11-15(21)20-10-12-5-2-1-3-6-12/h1-9H,10-11H2,(H,20,21). The van der Waals surface area contributed by atoms with E-state index in [-0.39, 0.29) is 12.4 Å². The smallest absolute Gasteiger partial charge is 0.416 e. The maximum absolute atomic E-state index is 12.5. The molecule has 0 saturated heterocycles. The van der Waals surface area contributed by atoms with Crippen molar-refractivity contribution < 1.29 is 22.7 Å². The van der Waals surface area contributed by atoms with Gasteiger partial charge in [0.2, 0.25) is 0 Å². The summed E-state index contributed by atoms with van der Waals surface area (Å²) in [5.74, 6) is -0.397. The second-order valence-corrected chi connectivity index (χ2v) is 4.58. The molecule has 6 heteroatoms. The van der Waals surface area contributed by atoms with E-state index in [1.54, 1.807) is 0 Å². The van der Waals surface area contributed by atoms with Crippen LogP contribution in [0.5, 0.6) is 5.75 Å². The minimum atomic E-state index is -4.44. The first-order valence-corrected chi connectivity index (χ1v) is 6.56. The van der Waals surface area contributed by atoms with Crippen LogP contribution >= 0.6 is 0 Å². The van der Waals surface area contributed by atoms with E-state index in [4.69, 9.17) is 4.74 Å². The Morgan fingerprint density at radius 3 is 2.45 bits per heavy atom. The molecule has 2 aromatic carbocycles. The van der Waals surface area contributed by atoms with Crippen molar-refractivity contribution in [2.24, 2.45) is 0 Å². The normalized spacial score (nSPS) is 11.0. The van der Waals surface area contributed by atoms with E-state index in [0.29, 0.717) is 6.54 Å². The van der Waals surface area contributed by atoms with E-state index < -0.39 is 17.6 Å². The van der Waals surface area contributed by atoms with E-state index in [1.165, 1.54) is 12.1 Å². The quantitative estimate of drug-likeness (QED) is 0.919. The van der Waals surface area contributed by atoms with Gasteiger partial charge in [-0.2, -0.15) is 13.2 Å². The topological polar surface area (TPSA) is 38.3 Å². The summed E-state index contributed by atoms with van der Waals surface area (Å²) in [5, 5.41) is 2.63. The Bertz CT molecular complexity index is 627. The first-order chi connectivity index (χ1) is 10.4. The van der Waals surface area contributed by atoms with Gasteiger partial charge >= 0.3 is 6.18 Å². The van der Waals surface area contributed by atoms with Gasteiger partial charge < -0.3 is 10.1 Å². The van der Waals surface area contributed by atoms with Crippen molar-refractivity contribution in [3.8, 4) is 5.75 Å². The molecule has 0 bridgehead atoms. The number of hydrogen-bond acceptors (Lipinski definition) is 2. The predicted octanol–water partition coefficient (Wildman–Crippen LogP) is 3.40. The highest BCUT2D eigenvalue weighted by atomic mass is 19.4. The summed E-state index contributed by atoms with van der Waals surface area (Å²) in [6.45, 7) is -0.000230. The van der Waals surface area contributed by atoms with E-state index in [2.05, 4.69) is 5.32 Å². The van der Waals surface area contributed by atoms with Crippen LogP contribution in [0.3, 0.4) is 0 Å². The lowest BCUT2D eigenvalue weighted by Gasteiger charge is -2.10. The minimum Gasteiger partial charge on any atom is -0.484 e. The maximum atomic E-state index is 12.5. The number of carbonyl (C=O) groups excluding carboxylic acids is 1. The van der Waals surface area contributed by atoms with Crippen molar-refractivity contribution in [3.63, 3.8) is 0 Å². The Hall–Kier alpha value is -2.50. The number of hydrogen-bond donors (Lipinski definition) is 1. The number of carbonyl (C=O) groups is 1. The van der Waals surface area contributed by atoms with Crippen molar-refractivity contribution in [2.75, 3.05) is 6.61 Å². The molecular formula is C16H14F3NO2. The predicted molar refractivity (Wildman–Crippen MR) is 75.2 cm³/mol. The van der Waals surface area contributed by atoms with Crippen LogP contribution in [0, 0.1) is 0 Å². The van der Waals surface area contributed by atoms with Gasteiger partial charge in [-0.25, -0.2) is 0 Å². The van der Waals surface area contributed by atoms with Gasteiger partial charge in [-0.3, -0.25) is 4.79 Å². The molecule has 22 heavy (non-hydrogen) atoms. The molecule has 1 N–H and O–H groups in total. The van der Waals surface area contributed by atoms with E-state index >= 15 is 0 Å². The third-order valence-electron chi connectivity index (χ3n) is 2.86. The van der Waals surface area contributed by atoms with Gasteiger partial charge in [-0.1, -0.05) is 36.4 Å². The molecule has 116 valence electrons. The Morgan fingerprint density at radius 2 is 1.77 bits per heavy atom. The van der Waals surface area contributed by atoms with Gasteiger partial charge in [0, 0.05) is 6.54 Å². The lowest BCUT2D eigenvalue weighted by atomic mass is 10.2. The largest absolute Gasteiger partial charge is 0.484 e. The van der Waals surface area contributed by atoms with E-state index in [9.17, 15) is 18.0 Å². The Morgan fingerprint density at radius 1 is 1.05 bits per heavy atom. The Kier molecular flexibility index (Phi) is 5.04. The molecule has 2 rings (SSSR count). The van der Waals surface area contributed by atoms with Crippen LogP contribution in [0.2, 0.25) is 0 Å². The molecule has 1 amide bonds. The second-order valence-electron chi connectivity index (χ2n) is 4.58. The number of benzene rings is 2. The maximum Gasteiger partial charge on any atom is 0.416 e. The first-order valence-electron chi connectivity index (χ1n) is 6.56. The van der Waals surface area contributed by atoms with Crippen molar-refractivity contribution in [1.82, 2.24) is 5.32 Å². The van der Waals surface area contributed by atoms with Gasteiger partial charge in [0.05, 0.1) is 5.56 Å². The zero-order valence-corrected chi connectivity index (χ0v) is 11.6. The highest BCUT2D eigenvalue weighted by Crippen LogP contribution is 2.31. The summed E-state index contributed by atoms with van der Waals surface area (Å²) in [6, 6.07) is 13.7. The average Bonchev–Trinajstić information content (AvgIpc) is 2.51. The summed E-state index contributed by atoms with van der Waals surface area (Å²) < 4.78 is 42.7. The molecule has 0 saturated carbocycles. The summed E-state index contributed by atoms with van der Waals surface area (Å²) in [5.41, 5.74) is 0.115. The van der Waals surface area contributed by atoms with Crippen molar-refractivity contribution in [1.29, 1.82) is 0 Å². The molecule has 0 aliphatic heterocycles. The van der Waals surface area contributed by atoms with Crippen LogP contribution in [-0.2, 0) is 17.5 Å². The molecule has 0 spiro atoms. The van der Waals surface area contributed by atoms with Gasteiger partial charge in [0.25, 0.3) is 5.91 Å². The summed E-state index contributed by atoms with van der Waals surface area (Å²) >= 11 is 0. The highest BCUT2D eigenvalue weighted by Gasteiger charge is 2.30. The Balaban J connectivity index is 1.84. The fourth-order valence-electron chi connectivity index (χ4n) is 1.76. The van der Waals surface area contributed by atoms with Crippen molar-refractivity contribution in [3.05, 3.63) is 65.7 Å². The molecule has 0 aromatic heterocycles. The molecule has 0 fully saturated rings. The summed E-state index contributed by atoms with van der Waals surface area (Å²) in [6.07, 6.45) is -4.44. The van der Waals surface area contributed by atoms with E-state index in [1.807, 2.05) is 30.3 Å². The summed E-state index contributed by atoms with van der Waals surface area (Å²) in [7, 11) is 0. The molecule has 0 heterocycles. The third-order valence-corrected chi connectivity index (χ3v) is 2.86. The summed E-state index contributed by atoms with van der Waals surface area (Å²) in [4.78, 5) is 11.6. The minimum absolute atomic E-state index is 0.00434. The van der Waals surface area contributed by atoms with Crippen molar-refractivity contribution in [2.45, 2.75) is 12.7 Å². The van der Waals surface area contributed by atoms with Crippen LogP contribution in [0.15, 0.2) is 54.6 Å². The fraction of sp³-hybridized carbons (Fsp3) is 0.188. The van der Waals surface area contributed by atoms with Gasteiger partial charge in [0.15, 0.2) is 6.61 Å². The molecule has 0 radical (unpaired) electrons. The monoisotopic (exact) mass is 309 g/mol. The zero-order valence-electron chi connectivity index (χ0n) is 11.6. The Labute approximate surface area is 125 Å². The SMILES string of the molecule is O=C(COc1cccc(C(F)(F)F)c1)NCc1ccccc1. The zero-order chi connectivity index (χ0) is 16.0. The molecule has 0 atom stereocenters. The van der Waals surface area contributed by atoms with Gasteiger partial charge in [0.1, 0.15) is 5.75 Å². The highest BCUT2D eigenvalue weighted by molar-refractivity contribution is 5.77. The molecule has 0 unspecified atom stereocenters. The van der Waals surface area contributed by atoms with Gasteiger partial charge in [-0.05, 0) is 23.8 Å². The number of nitrogens with one attached hydrogen (secondary N) is 1. The lowest BCUT2D eigenvalue weighted by Crippen LogP contribution is -2.28. The van der Waals surface area contributed by atoms with Crippen LogP contribution in [-0.4, -0.2) is 12.5 Å². The molecule has 3 nitrogen and oxygen atoms in total. The first kappa shape index (κ1) is 15.9. The number of ether oxygens (including phenoxy) is 1. The van der Waals surface area contributed by atoms with E-state index in [0.717, 1.165) is 17.7 Å². The van der Waals surface area contributed by atoms with Gasteiger partial charge in [-0.15, -0.1) is 0 Å². The molecular weight excluding hydrogens is 295 g/mol. The van der Waals surface area contributed by atoms with Crippen LogP contribution < -0.4 is 10.1 Å². The average molecular weight is 309 g/mol. The number of alkyl halides is 3. The molecule has 0 aliphatic rings. The number of halogens is 3. The molecule has 0 aliphatic carbocycles. The lowest BCUT2D eigenvalue weighted by molar-refractivity contribution is -0.137.